The average molecular weight is 513 g/mol. The summed E-state index contributed by atoms with van der Waals surface area (Å²) in [6.07, 6.45) is 1.66. The summed E-state index contributed by atoms with van der Waals surface area (Å²) >= 11 is 3.48. The standard InChI is InChI=1S/C28H21BrN2O3/c29-24-12-13-26(34-18-20-10-11-21-8-4-5-9-22(21)14-20)23(15-24)16-25-27(32)31(28(33)30-25)17-19-6-2-1-3-7-19/h1-16H,17-18H2,(H,30,33)/b25-16+. The van der Waals surface area contributed by atoms with Crippen LogP contribution in [0.25, 0.3) is 16.8 Å². The maximum absolute atomic E-state index is 12.9. The Bertz CT molecular complexity index is 1420. The first-order valence-corrected chi connectivity index (χ1v) is 11.6. The molecule has 168 valence electrons. The molecule has 0 atom stereocenters. The number of urea groups is 1. The van der Waals surface area contributed by atoms with Gasteiger partial charge in [0.2, 0.25) is 0 Å². The van der Waals surface area contributed by atoms with Crippen molar-refractivity contribution in [2.75, 3.05) is 0 Å². The van der Waals surface area contributed by atoms with E-state index in [0.717, 1.165) is 21.0 Å². The van der Waals surface area contributed by atoms with Crippen LogP contribution in [0.2, 0.25) is 0 Å². The van der Waals surface area contributed by atoms with Gasteiger partial charge < -0.3 is 10.1 Å². The summed E-state index contributed by atoms with van der Waals surface area (Å²) in [5.41, 5.74) is 2.84. The Morgan fingerprint density at radius 1 is 0.824 bits per heavy atom. The third-order valence-corrected chi connectivity index (χ3v) is 6.12. The number of halogens is 1. The van der Waals surface area contributed by atoms with E-state index in [1.165, 1.54) is 10.3 Å². The zero-order chi connectivity index (χ0) is 23.5. The van der Waals surface area contributed by atoms with Crippen LogP contribution in [0.5, 0.6) is 5.75 Å². The topological polar surface area (TPSA) is 58.6 Å². The molecule has 3 amide bonds. The summed E-state index contributed by atoms with van der Waals surface area (Å²) in [6, 6.07) is 29.0. The summed E-state index contributed by atoms with van der Waals surface area (Å²) < 4.78 is 6.96. The van der Waals surface area contributed by atoms with Gasteiger partial charge in [0.15, 0.2) is 0 Å². The molecule has 0 spiro atoms. The molecular weight excluding hydrogens is 492 g/mol. The van der Waals surface area contributed by atoms with Crippen molar-refractivity contribution in [2.45, 2.75) is 13.2 Å². The molecule has 1 fully saturated rings. The van der Waals surface area contributed by atoms with E-state index in [2.05, 4.69) is 45.5 Å². The number of carbonyl (C=O) groups is 2. The van der Waals surface area contributed by atoms with E-state index in [-0.39, 0.29) is 18.1 Å². The van der Waals surface area contributed by atoms with E-state index in [1.807, 2.05) is 66.7 Å². The molecule has 0 bridgehead atoms. The SMILES string of the molecule is O=C1N/C(=C/c2cc(Br)ccc2OCc2ccc3ccccc3c2)C(=O)N1Cc1ccccc1. The van der Waals surface area contributed by atoms with Crippen molar-refractivity contribution >= 4 is 44.7 Å². The summed E-state index contributed by atoms with van der Waals surface area (Å²) in [6.45, 7) is 0.593. The van der Waals surface area contributed by atoms with Crippen molar-refractivity contribution in [2.24, 2.45) is 0 Å². The molecule has 1 aliphatic heterocycles. The molecule has 1 heterocycles. The van der Waals surface area contributed by atoms with Gasteiger partial charge >= 0.3 is 6.03 Å². The second-order valence-electron chi connectivity index (χ2n) is 8.02. The first-order valence-electron chi connectivity index (χ1n) is 10.9. The smallest absolute Gasteiger partial charge is 0.329 e. The fraction of sp³-hybridized carbons (Fsp3) is 0.0714. The first kappa shape index (κ1) is 21.9. The van der Waals surface area contributed by atoms with E-state index in [9.17, 15) is 9.59 Å². The minimum absolute atomic E-state index is 0.215. The highest BCUT2D eigenvalue weighted by Gasteiger charge is 2.33. The zero-order valence-corrected chi connectivity index (χ0v) is 19.8. The molecule has 4 aromatic rings. The van der Waals surface area contributed by atoms with Gasteiger partial charge in [0.05, 0.1) is 6.54 Å². The number of benzene rings is 4. The Morgan fingerprint density at radius 2 is 1.59 bits per heavy atom. The number of fused-ring (bicyclic) bond motifs is 1. The average Bonchev–Trinajstić information content (AvgIpc) is 3.11. The van der Waals surface area contributed by atoms with Gasteiger partial charge in [-0.1, -0.05) is 82.7 Å². The van der Waals surface area contributed by atoms with E-state index < -0.39 is 6.03 Å². The second kappa shape index (κ2) is 9.53. The van der Waals surface area contributed by atoms with Crippen LogP contribution in [0.15, 0.2) is 101 Å². The molecule has 1 N–H and O–H groups in total. The van der Waals surface area contributed by atoms with Crippen molar-refractivity contribution < 1.29 is 14.3 Å². The van der Waals surface area contributed by atoms with Crippen LogP contribution < -0.4 is 10.1 Å². The number of carbonyl (C=O) groups excluding carboxylic acids is 2. The molecule has 0 unspecified atom stereocenters. The second-order valence-corrected chi connectivity index (χ2v) is 8.93. The molecule has 1 saturated heterocycles. The lowest BCUT2D eigenvalue weighted by atomic mass is 10.1. The summed E-state index contributed by atoms with van der Waals surface area (Å²) in [5.74, 6) is 0.252. The minimum atomic E-state index is -0.436. The zero-order valence-electron chi connectivity index (χ0n) is 18.2. The van der Waals surface area contributed by atoms with Gasteiger partial charge in [-0.25, -0.2) is 4.79 Å². The van der Waals surface area contributed by atoms with E-state index in [1.54, 1.807) is 6.08 Å². The molecule has 0 aliphatic carbocycles. The number of ether oxygens (including phenoxy) is 1. The molecule has 0 saturated carbocycles. The van der Waals surface area contributed by atoms with E-state index >= 15 is 0 Å². The predicted octanol–water partition coefficient (Wildman–Crippen LogP) is 6.27. The summed E-state index contributed by atoms with van der Waals surface area (Å²) in [4.78, 5) is 26.6. The summed E-state index contributed by atoms with van der Waals surface area (Å²) in [7, 11) is 0. The fourth-order valence-electron chi connectivity index (χ4n) is 3.89. The maximum Gasteiger partial charge on any atom is 0.329 e. The number of amides is 3. The molecule has 1 aliphatic rings. The quantitative estimate of drug-likeness (QED) is 0.244. The fourth-order valence-corrected chi connectivity index (χ4v) is 4.27. The number of rotatable bonds is 6. The molecular formula is C28H21BrN2O3. The van der Waals surface area contributed by atoms with Crippen LogP contribution in [0.1, 0.15) is 16.7 Å². The van der Waals surface area contributed by atoms with E-state index in [4.69, 9.17) is 4.74 Å². The van der Waals surface area contributed by atoms with Crippen molar-refractivity contribution in [3.63, 3.8) is 0 Å². The van der Waals surface area contributed by atoms with Crippen LogP contribution in [0.4, 0.5) is 4.79 Å². The minimum Gasteiger partial charge on any atom is -0.488 e. The van der Waals surface area contributed by atoms with Gasteiger partial charge in [-0.15, -0.1) is 0 Å². The highest BCUT2D eigenvalue weighted by molar-refractivity contribution is 9.10. The van der Waals surface area contributed by atoms with Crippen LogP contribution in [-0.2, 0) is 17.9 Å². The largest absolute Gasteiger partial charge is 0.488 e. The number of hydrogen-bond acceptors (Lipinski definition) is 3. The van der Waals surface area contributed by atoms with Crippen LogP contribution >= 0.6 is 15.9 Å². The maximum atomic E-state index is 12.9. The van der Waals surface area contributed by atoms with Crippen molar-refractivity contribution in [3.05, 3.63) is 118 Å². The van der Waals surface area contributed by atoms with Gasteiger partial charge in [-0.3, -0.25) is 9.69 Å². The molecule has 4 aromatic carbocycles. The monoisotopic (exact) mass is 512 g/mol. The third-order valence-electron chi connectivity index (χ3n) is 5.63. The Kier molecular flexibility index (Phi) is 6.14. The van der Waals surface area contributed by atoms with Crippen LogP contribution in [0.3, 0.4) is 0 Å². The Labute approximate surface area is 205 Å². The molecule has 0 aromatic heterocycles. The molecule has 0 radical (unpaired) electrons. The lowest BCUT2D eigenvalue weighted by Crippen LogP contribution is -2.30. The summed E-state index contributed by atoms with van der Waals surface area (Å²) in [5, 5.41) is 5.02. The van der Waals surface area contributed by atoms with E-state index in [0.29, 0.717) is 17.9 Å². The van der Waals surface area contributed by atoms with Gasteiger partial charge in [0.25, 0.3) is 5.91 Å². The molecule has 34 heavy (non-hydrogen) atoms. The Balaban J connectivity index is 1.37. The number of nitrogens with zero attached hydrogens (tertiary/aromatic N) is 1. The van der Waals surface area contributed by atoms with Crippen molar-refractivity contribution in [1.29, 1.82) is 0 Å². The first-order chi connectivity index (χ1) is 16.6. The van der Waals surface area contributed by atoms with Gasteiger partial charge in [0.1, 0.15) is 18.1 Å². The Hall–Kier alpha value is -3.90. The molecule has 5 rings (SSSR count). The van der Waals surface area contributed by atoms with Crippen molar-refractivity contribution in [1.82, 2.24) is 10.2 Å². The predicted molar refractivity (Wildman–Crippen MR) is 136 cm³/mol. The molecule has 6 heteroatoms. The van der Waals surface area contributed by atoms with Gasteiger partial charge in [-0.2, -0.15) is 0 Å². The lowest BCUT2D eigenvalue weighted by Gasteiger charge is -2.12. The van der Waals surface area contributed by atoms with Gasteiger partial charge in [0, 0.05) is 10.0 Å². The Morgan fingerprint density at radius 3 is 2.41 bits per heavy atom. The third kappa shape index (κ3) is 4.72. The lowest BCUT2D eigenvalue weighted by molar-refractivity contribution is -0.123. The van der Waals surface area contributed by atoms with Crippen LogP contribution in [0, 0.1) is 0 Å². The van der Waals surface area contributed by atoms with Crippen molar-refractivity contribution in [3.8, 4) is 5.75 Å². The number of imide groups is 1. The normalized spacial score (nSPS) is 14.6. The molecule has 5 nitrogen and oxygen atoms in total. The van der Waals surface area contributed by atoms with Crippen LogP contribution in [-0.4, -0.2) is 16.8 Å². The highest BCUT2D eigenvalue weighted by Crippen LogP contribution is 2.28. The number of nitrogens with one attached hydrogen (secondary N) is 1. The highest BCUT2D eigenvalue weighted by atomic mass is 79.9. The number of hydrogen-bond donors (Lipinski definition) is 1. The van der Waals surface area contributed by atoms with Gasteiger partial charge in [-0.05, 0) is 52.2 Å².